The van der Waals surface area contributed by atoms with Crippen molar-refractivity contribution in [2.45, 2.75) is 64.1 Å². The van der Waals surface area contributed by atoms with Gasteiger partial charge in [-0.3, -0.25) is 14.4 Å². The fraction of sp³-hybridized carbons (Fsp3) is 0.778. The molecule has 2 aliphatic rings. The Kier molecular flexibility index (Phi) is 6.80. The number of carbonyl (C=O) groups excluding carboxylic acids is 3. The Labute approximate surface area is 158 Å². The number of amides is 3. The topological polar surface area (TPSA) is 128 Å². The lowest BCUT2D eigenvalue weighted by Gasteiger charge is -2.30. The van der Waals surface area contributed by atoms with Crippen molar-refractivity contribution in [2.24, 2.45) is 5.92 Å². The molecule has 0 bridgehead atoms. The summed E-state index contributed by atoms with van der Waals surface area (Å²) in [7, 11) is 0. The summed E-state index contributed by atoms with van der Waals surface area (Å²) in [5.74, 6) is -2.85. The molecule has 2 saturated heterocycles. The highest BCUT2D eigenvalue weighted by molar-refractivity contribution is 6.12. The van der Waals surface area contributed by atoms with Crippen molar-refractivity contribution in [1.29, 1.82) is 0 Å². The highest BCUT2D eigenvalue weighted by Crippen LogP contribution is 2.29. The van der Waals surface area contributed by atoms with Gasteiger partial charge in [0.15, 0.2) is 0 Å². The predicted molar refractivity (Wildman–Crippen MR) is 95.7 cm³/mol. The van der Waals surface area contributed by atoms with Crippen LogP contribution in [0.5, 0.6) is 0 Å². The van der Waals surface area contributed by atoms with Crippen molar-refractivity contribution in [1.82, 2.24) is 15.5 Å². The van der Waals surface area contributed by atoms with E-state index >= 15 is 0 Å². The van der Waals surface area contributed by atoms with E-state index in [1.54, 1.807) is 0 Å². The standard InChI is InChI=1S/C18H29N3O6/c1-4-8-19-16(25)18(10-27-18)17(26)20-13(11(3)5-2)14(22)21-9-6-7-12(21)15(23)24/h11-13H,4-10H2,1-3H3,(H,19,25)(H,20,26)(H,23,24)/t11?,12-,13-,18?/m0/s1. The normalized spacial score (nSPS) is 26.2. The Bertz CT molecular complexity index is 604. The van der Waals surface area contributed by atoms with Gasteiger partial charge in [-0.05, 0) is 25.2 Å². The fourth-order valence-electron chi connectivity index (χ4n) is 3.23. The largest absolute Gasteiger partial charge is 0.480 e. The zero-order chi connectivity index (χ0) is 20.2. The minimum Gasteiger partial charge on any atom is -0.480 e. The third kappa shape index (κ3) is 4.40. The van der Waals surface area contributed by atoms with Crippen molar-refractivity contribution in [2.75, 3.05) is 19.7 Å². The lowest BCUT2D eigenvalue weighted by Crippen LogP contribution is -2.58. The van der Waals surface area contributed by atoms with Gasteiger partial charge in [-0.2, -0.15) is 0 Å². The number of ether oxygens (including phenoxy) is 1. The number of hydrogen-bond donors (Lipinski definition) is 3. The molecule has 2 aliphatic heterocycles. The van der Waals surface area contributed by atoms with Crippen LogP contribution in [-0.4, -0.2) is 71.1 Å². The van der Waals surface area contributed by atoms with E-state index in [0.29, 0.717) is 32.4 Å². The second-order valence-electron chi connectivity index (χ2n) is 7.24. The minimum absolute atomic E-state index is 0.0305. The SMILES string of the molecule is CCCNC(=O)C1(C(=O)N[C@H](C(=O)N2CCC[C@H]2C(=O)O)C(C)CC)CO1. The van der Waals surface area contributed by atoms with Gasteiger partial charge in [-0.1, -0.05) is 27.2 Å². The quantitative estimate of drug-likeness (QED) is 0.376. The van der Waals surface area contributed by atoms with Gasteiger partial charge in [-0.25, -0.2) is 4.79 Å². The van der Waals surface area contributed by atoms with Crippen LogP contribution in [0.2, 0.25) is 0 Å². The van der Waals surface area contributed by atoms with E-state index in [-0.39, 0.29) is 12.5 Å². The van der Waals surface area contributed by atoms with E-state index < -0.39 is 41.4 Å². The van der Waals surface area contributed by atoms with Crippen LogP contribution in [0.4, 0.5) is 0 Å². The Morgan fingerprint density at radius 2 is 1.93 bits per heavy atom. The van der Waals surface area contributed by atoms with Gasteiger partial charge in [0, 0.05) is 13.1 Å². The van der Waals surface area contributed by atoms with Gasteiger partial charge in [-0.15, -0.1) is 0 Å². The lowest BCUT2D eigenvalue weighted by molar-refractivity contribution is -0.150. The summed E-state index contributed by atoms with van der Waals surface area (Å²) in [6.07, 6.45) is 2.34. The number of nitrogens with one attached hydrogen (secondary N) is 2. The number of carboxylic acids is 1. The maximum atomic E-state index is 13.0. The van der Waals surface area contributed by atoms with Gasteiger partial charge in [0.25, 0.3) is 11.8 Å². The number of carboxylic acid groups (broad SMARTS) is 1. The maximum Gasteiger partial charge on any atom is 0.326 e. The van der Waals surface area contributed by atoms with Gasteiger partial charge in [0.2, 0.25) is 11.5 Å². The Morgan fingerprint density at radius 3 is 2.44 bits per heavy atom. The van der Waals surface area contributed by atoms with E-state index in [1.807, 2.05) is 20.8 Å². The van der Waals surface area contributed by atoms with Gasteiger partial charge in [0.1, 0.15) is 12.1 Å². The first kappa shape index (κ1) is 21.1. The van der Waals surface area contributed by atoms with E-state index in [0.717, 1.165) is 6.42 Å². The molecule has 0 aliphatic carbocycles. The third-order valence-electron chi connectivity index (χ3n) is 5.29. The molecule has 2 heterocycles. The molecule has 9 heteroatoms. The summed E-state index contributed by atoms with van der Waals surface area (Å²) < 4.78 is 5.15. The molecule has 2 unspecified atom stereocenters. The van der Waals surface area contributed by atoms with E-state index in [4.69, 9.17) is 4.74 Å². The summed E-state index contributed by atoms with van der Waals surface area (Å²) in [5, 5.41) is 14.6. The van der Waals surface area contributed by atoms with E-state index in [1.165, 1.54) is 4.90 Å². The number of epoxide rings is 1. The van der Waals surface area contributed by atoms with Crippen molar-refractivity contribution in [3.63, 3.8) is 0 Å². The van der Waals surface area contributed by atoms with Crippen LogP contribution in [0.15, 0.2) is 0 Å². The van der Waals surface area contributed by atoms with Crippen molar-refractivity contribution in [3.05, 3.63) is 0 Å². The van der Waals surface area contributed by atoms with Gasteiger partial charge < -0.3 is 25.4 Å². The van der Waals surface area contributed by atoms with Crippen LogP contribution >= 0.6 is 0 Å². The molecule has 2 rings (SSSR count). The number of aliphatic carboxylic acids is 1. The van der Waals surface area contributed by atoms with Gasteiger partial charge in [0.05, 0.1) is 6.61 Å². The third-order valence-corrected chi connectivity index (χ3v) is 5.29. The molecule has 2 fully saturated rings. The molecule has 27 heavy (non-hydrogen) atoms. The Balaban J connectivity index is 2.13. The molecule has 0 aromatic rings. The van der Waals surface area contributed by atoms with Crippen molar-refractivity contribution < 1.29 is 29.0 Å². The lowest BCUT2D eigenvalue weighted by atomic mass is 9.96. The Hall–Kier alpha value is -2.16. The van der Waals surface area contributed by atoms with Crippen molar-refractivity contribution in [3.8, 4) is 0 Å². The first-order valence-corrected chi connectivity index (χ1v) is 9.55. The van der Waals surface area contributed by atoms with Crippen LogP contribution in [0, 0.1) is 5.92 Å². The molecule has 0 radical (unpaired) electrons. The number of hydrogen-bond acceptors (Lipinski definition) is 5. The molecule has 3 N–H and O–H groups in total. The molecule has 0 aromatic heterocycles. The summed E-state index contributed by atoms with van der Waals surface area (Å²) in [5.41, 5.74) is -1.58. The van der Waals surface area contributed by atoms with Crippen LogP contribution in [0.1, 0.15) is 46.5 Å². The monoisotopic (exact) mass is 383 g/mol. The minimum atomic E-state index is -1.58. The Morgan fingerprint density at radius 1 is 1.26 bits per heavy atom. The average Bonchev–Trinajstić information content (AvgIpc) is 3.32. The highest BCUT2D eigenvalue weighted by Gasteiger charge is 2.60. The van der Waals surface area contributed by atoms with Crippen LogP contribution in [-0.2, 0) is 23.9 Å². The van der Waals surface area contributed by atoms with E-state index in [2.05, 4.69) is 10.6 Å². The second-order valence-corrected chi connectivity index (χ2v) is 7.24. The highest BCUT2D eigenvalue weighted by atomic mass is 16.6. The molecule has 152 valence electrons. The number of likely N-dealkylation sites (tertiary alicyclic amines) is 1. The molecular weight excluding hydrogens is 354 g/mol. The first-order chi connectivity index (χ1) is 12.8. The number of nitrogens with zero attached hydrogens (tertiary/aromatic N) is 1. The second kappa shape index (κ2) is 8.69. The molecule has 4 atom stereocenters. The average molecular weight is 383 g/mol. The van der Waals surface area contributed by atoms with Crippen molar-refractivity contribution >= 4 is 23.7 Å². The summed E-state index contributed by atoms with van der Waals surface area (Å²) >= 11 is 0. The fourth-order valence-corrected chi connectivity index (χ4v) is 3.23. The predicted octanol–water partition coefficient (Wildman–Crippen LogP) is -0.112. The molecule has 0 aromatic carbocycles. The zero-order valence-electron chi connectivity index (χ0n) is 16.1. The summed E-state index contributed by atoms with van der Waals surface area (Å²) in [6, 6.07) is -1.78. The maximum absolute atomic E-state index is 13.0. The summed E-state index contributed by atoms with van der Waals surface area (Å²) in [4.78, 5) is 50.7. The summed E-state index contributed by atoms with van der Waals surface area (Å²) in [6.45, 7) is 6.33. The number of carbonyl (C=O) groups is 4. The number of rotatable bonds is 9. The smallest absolute Gasteiger partial charge is 0.326 e. The molecule has 3 amide bonds. The van der Waals surface area contributed by atoms with Crippen LogP contribution in [0.3, 0.4) is 0 Å². The molecule has 0 saturated carbocycles. The van der Waals surface area contributed by atoms with Gasteiger partial charge >= 0.3 is 5.97 Å². The first-order valence-electron chi connectivity index (χ1n) is 9.55. The zero-order valence-corrected chi connectivity index (χ0v) is 16.1. The molecule has 9 nitrogen and oxygen atoms in total. The van der Waals surface area contributed by atoms with E-state index in [9.17, 15) is 24.3 Å². The molecular formula is C18H29N3O6. The van der Waals surface area contributed by atoms with Crippen LogP contribution < -0.4 is 10.6 Å². The molecule has 0 spiro atoms. The van der Waals surface area contributed by atoms with Crippen LogP contribution in [0.25, 0.3) is 0 Å².